The van der Waals surface area contributed by atoms with Gasteiger partial charge in [0.2, 0.25) is 5.91 Å². The van der Waals surface area contributed by atoms with E-state index >= 15 is 0 Å². The Hall–Kier alpha value is -4.37. The van der Waals surface area contributed by atoms with Crippen LogP contribution in [0.15, 0.2) is 106 Å². The summed E-state index contributed by atoms with van der Waals surface area (Å²) in [6, 6.07) is 22.9. The number of hydrogen-bond acceptors (Lipinski definition) is 7. The van der Waals surface area contributed by atoms with Gasteiger partial charge in [0.1, 0.15) is 18.2 Å². The molecule has 1 N–H and O–H groups in total. The van der Waals surface area contributed by atoms with Gasteiger partial charge in [-0.05, 0) is 53.3 Å². The monoisotopic (exact) mass is 557 g/mol. The largest absolute Gasteiger partial charge is 0.489 e. The number of benzene rings is 3. The third-order valence-corrected chi connectivity index (χ3v) is 7.46. The van der Waals surface area contributed by atoms with Crippen molar-refractivity contribution in [3.63, 3.8) is 0 Å². The van der Waals surface area contributed by atoms with Crippen molar-refractivity contribution >= 4 is 28.8 Å². The topological polar surface area (TPSA) is 80.2 Å². The number of thioether (sulfide) groups is 1. The van der Waals surface area contributed by atoms with Crippen LogP contribution in [0.3, 0.4) is 0 Å². The molecule has 3 aromatic carbocycles. The lowest BCUT2D eigenvalue weighted by Gasteiger charge is -2.36. The van der Waals surface area contributed by atoms with E-state index in [4.69, 9.17) is 9.47 Å². The Bertz CT molecular complexity index is 1500. The van der Waals surface area contributed by atoms with Gasteiger partial charge in [-0.3, -0.25) is 4.79 Å². The predicted octanol–water partition coefficient (Wildman–Crippen LogP) is 5.86. The summed E-state index contributed by atoms with van der Waals surface area (Å²) in [7, 11) is 1.34. The number of amides is 1. The molecule has 40 heavy (non-hydrogen) atoms. The summed E-state index contributed by atoms with van der Waals surface area (Å²) in [5.74, 6) is -0.368. The number of carbonyl (C=O) groups excluding carboxylic acids is 2. The minimum absolute atomic E-state index is 0.0708. The van der Waals surface area contributed by atoms with Gasteiger partial charge >= 0.3 is 5.97 Å². The first-order valence-corrected chi connectivity index (χ1v) is 13.6. The van der Waals surface area contributed by atoms with Crippen molar-refractivity contribution in [2.45, 2.75) is 32.5 Å². The van der Waals surface area contributed by atoms with Gasteiger partial charge in [0.15, 0.2) is 5.17 Å². The molecule has 0 unspecified atom stereocenters. The van der Waals surface area contributed by atoms with Crippen LogP contribution < -0.4 is 10.1 Å². The zero-order valence-electron chi connectivity index (χ0n) is 22.1. The zero-order chi connectivity index (χ0) is 28.1. The summed E-state index contributed by atoms with van der Waals surface area (Å²) in [5, 5.41) is 5.44. The molecule has 2 heterocycles. The van der Waals surface area contributed by atoms with Gasteiger partial charge in [0.05, 0.1) is 30.8 Å². The van der Waals surface area contributed by atoms with E-state index in [-0.39, 0.29) is 24.7 Å². The quantitative estimate of drug-likeness (QED) is 0.332. The number of ether oxygens (including phenoxy) is 2. The van der Waals surface area contributed by atoms with Crippen LogP contribution in [0.1, 0.15) is 36.1 Å². The summed E-state index contributed by atoms with van der Waals surface area (Å²) in [6.45, 7) is 2.46. The summed E-state index contributed by atoms with van der Waals surface area (Å²) in [4.78, 5) is 32.5. The van der Waals surface area contributed by atoms with Gasteiger partial charge in [0.25, 0.3) is 0 Å². The molecular weight excluding hydrogens is 529 g/mol. The highest BCUT2D eigenvalue weighted by molar-refractivity contribution is 8.16. The molecule has 2 aliphatic heterocycles. The zero-order valence-corrected chi connectivity index (χ0v) is 22.9. The number of amidine groups is 1. The maximum atomic E-state index is 13.2. The van der Waals surface area contributed by atoms with E-state index in [0.717, 1.165) is 16.7 Å². The number of fused-ring (bicyclic) bond motifs is 1. The van der Waals surface area contributed by atoms with Gasteiger partial charge in [-0.25, -0.2) is 14.2 Å². The molecular formula is C31H28FN3O4S. The number of aliphatic imine (C=N–C) groups is 1. The van der Waals surface area contributed by atoms with Crippen LogP contribution in [0.2, 0.25) is 0 Å². The third kappa shape index (κ3) is 6.10. The first-order chi connectivity index (χ1) is 19.4. The number of nitrogens with one attached hydrogen (secondary N) is 1. The first-order valence-electron chi connectivity index (χ1n) is 12.7. The third-order valence-electron chi connectivity index (χ3n) is 6.57. The minimum Gasteiger partial charge on any atom is -0.489 e. The summed E-state index contributed by atoms with van der Waals surface area (Å²) in [5.41, 5.74) is 4.29. The van der Waals surface area contributed by atoms with E-state index in [1.54, 1.807) is 19.1 Å². The molecule has 1 amide bonds. The molecule has 0 radical (unpaired) electrons. The number of nitrogens with zero attached hydrogens (tertiary/aromatic N) is 2. The van der Waals surface area contributed by atoms with Gasteiger partial charge < -0.3 is 19.7 Å². The highest BCUT2D eigenvalue weighted by Crippen LogP contribution is 2.45. The van der Waals surface area contributed by atoms with Gasteiger partial charge in [-0.1, -0.05) is 66.4 Å². The fourth-order valence-electron chi connectivity index (χ4n) is 4.60. The van der Waals surface area contributed by atoms with Crippen molar-refractivity contribution in [2.24, 2.45) is 4.99 Å². The van der Waals surface area contributed by atoms with Crippen LogP contribution in [-0.2, 0) is 27.5 Å². The maximum Gasteiger partial charge on any atom is 0.338 e. The highest BCUT2D eigenvalue weighted by atomic mass is 32.2. The van der Waals surface area contributed by atoms with Crippen LogP contribution in [0.4, 0.5) is 4.39 Å². The molecule has 1 atom stereocenters. The molecule has 0 aromatic heterocycles. The Morgan fingerprint density at radius 2 is 1.80 bits per heavy atom. The van der Waals surface area contributed by atoms with E-state index in [0.29, 0.717) is 34.5 Å². The van der Waals surface area contributed by atoms with Gasteiger partial charge in [-0.15, -0.1) is 0 Å². The second kappa shape index (κ2) is 12.2. The second-order valence-electron chi connectivity index (χ2n) is 9.31. The van der Waals surface area contributed by atoms with Gasteiger partial charge in [-0.2, -0.15) is 0 Å². The van der Waals surface area contributed by atoms with Crippen molar-refractivity contribution in [2.75, 3.05) is 7.11 Å². The molecule has 0 aliphatic carbocycles. The van der Waals surface area contributed by atoms with E-state index in [1.165, 1.54) is 31.0 Å². The highest BCUT2D eigenvalue weighted by Gasteiger charge is 2.41. The van der Waals surface area contributed by atoms with Crippen LogP contribution >= 0.6 is 11.8 Å². The van der Waals surface area contributed by atoms with Crippen molar-refractivity contribution in [1.82, 2.24) is 10.2 Å². The van der Waals surface area contributed by atoms with E-state index in [2.05, 4.69) is 10.3 Å². The Kier molecular flexibility index (Phi) is 8.31. The lowest BCUT2D eigenvalue weighted by atomic mass is 9.93. The van der Waals surface area contributed by atoms with E-state index in [9.17, 15) is 14.0 Å². The van der Waals surface area contributed by atoms with Crippen LogP contribution in [0, 0.1) is 5.82 Å². The Labute approximate surface area is 236 Å². The molecule has 7 nitrogen and oxygen atoms in total. The first kappa shape index (κ1) is 27.2. The Morgan fingerprint density at radius 3 is 2.55 bits per heavy atom. The Balaban J connectivity index is 1.39. The number of hydrogen-bond donors (Lipinski definition) is 1. The summed E-state index contributed by atoms with van der Waals surface area (Å²) < 4.78 is 24.4. The molecule has 0 saturated carbocycles. The average molecular weight is 558 g/mol. The molecule has 0 fully saturated rings. The molecule has 0 spiro atoms. The fourth-order valence-corrected chi connectivity index (χ4v) is 5.57. The van der Waals surface area contributed by atoms with Crippen molar-refractivity contribution in [1.29, 1.82) is 0 Å². The summed E-state index contributed by atoms with van der Waals surface area (Å²) in [6.07, 6.45) is 0.0708. The SMILES string of the molecule is COC(=O)C1=C(C)N=C2SC=C(CC(=O)NCc3ccc(F)cc3)N2[C@@H]1c1cccc(OCc2ccccc2)c1. The van der Waals surface area contributed by atoms with Crippen molar-refractivity contribution in [3.8, 4) is 5.75 Å². The minimum atomic E-state index is -0.564. The van der Waals surface area contributed by atoms with Crippen LogP contribution in [0.25, 0.3) is 0 Å². The molecule has 0 saturated heterocycles. The van der Waals surface area contributed by atoms with Crippen molar-refractivity contribution < 1.29 is 23.5 Å². The van der Waals surface area contributed by atoms with E-state index in [1.807, 2.05) is 64.9 Å². The number of methoxy groups -OCH3 is 1. The molecule has 3 aromatic rings. The molecule has 204 valence electrons. The molecule has 0 bridgehead atoms. The average Bonchev–Trinajstić information content (AvgIpc) is 3.36. The standard InChI is InChI=1S/C31H28FN3O4S/c1-20-28(30(37)38-2)29(23-9-6-10-26(15-23)39-18-22-7-4-3-5-8-22)35-25(19-40-31(35)34-20)16-27(36)33-17-21-11-13-24(32)14-12-21/h3-15,19,29H,16-18H2,1-2H3,(H,33,36)/t29-/m1/s1. The lowest BCUT2D eigenvalue weighted by Crippen LogP contribution is -2.37. The number of carbonyl (C=O) groups is 2. The fraction of sp³-hybridized carbons (Fsp3) is 0.194. The Morgan fingerprint density at radius 1 is 1.02 bits per heavy atom. The smallest absolute Gasteiger partial charge is 0.338 e. The van der Waals surface area contributed by atoms with Crippen LogP contribution in [0.5, 0.6) is 5.75 Å². The number of rotatable bonds is 9. The number of esters is 1. The normalized spacial score (nSPS) is 16.2. The molecule has 2 aliphatic rings. The summed E-state index contributed by atoms with van der Waals surface area (Å²) >= 11 is 1.40. The number of halogens is 1. The maximum absolute atomic E-state index is 13.2. The lowest BCUT2D eigenvalue weighted by molar-refractivity contribution is -0.136. The van der Waals surface area contributed by atoms with Crippen LogP contribution in [-0.4, -0.2) is 29.1 Å². The molecule has 9 heteroatoms. The number of allylic oxidation sites excluding steroid dienone is 1. The van der Waals surface area contributed by atoms with Gasteiger partial charge in [0, 0.05) is 12.2 Å². The second-order valence-corrected chi connectivity index (χ2v) is 10.1. The van der Waals surface area contributed by atoms with Crippen molar-refractivity contribution in [3.05, 3.63) is 124 Å². The predicted molar refractivity (Wildman–Crippen MR) is 152 cm³/mol. The van der Waals surface area contributed by atoms with E-state index < -0.39 is 12.0 Å². The molecule has 5 rings (SSSR count).